The lowest BCUT2D eigenvalue weighted by Gasteiger charge is -2.36. The van der Waals surface area contributed by atoms with Gasteiger partial charge in [0.15, 0.2) is 5.78 Å². The molecule has 1 N–H and O–H groups in total. The minimum absolute atomic E-state index is 0.0142. The van der Waals surface area contributed by atoms with E-state index in [1.165, 1.54) is 32.0 Å². The summed E-state index contributed by atoms with van der Waals surface area (Å²) in [6.45, 7) is 5.03. The maximum absolute atomic E-state index is 12.6. The number of nitrogens with zero attached hydrogens (tertiary/aromatic N) is 2. The molecule has 0 unspecified atom stereocenters. The largest absolute Gasteiger partial charge is 0.495 e. The Bertz CT molecular complexity index is 972. The van der Waals surface area contributed by atoms with Crippen LogP contribution in [0.2, 0.25) is 0 Å². The zero-order valence-corrected chi connectivity index (χ0v) is 19.0. The molecule has 0 atom stereocenters. The zero-order valence-electron chi connectivity index (χ0n) is 18.2. The monoisotopic (exact) mass is 445 g/mol. The van der Waals surface area contributed by atoms with Crippen molar-refractivity contribution in [3.63, 3.8) is 0 Å². The first-order valence-corrected chi connectivity index (χ1v) is 12.1. The molecule has 2 aromatic carbocycles. The first-order chi connectivity index (χ1) is 14.9. The summed E-state index contributed by atoms with van der Waals surface area (Å²) in [5.74, 6) is 0.171. The molecule has 31 heavy (non-hydrogen) atoms. The van der Waals surface area contributed by atoms with Gasteiger partial charge in [-0.15, -0.1) is 0 Å². The normalized spacial score (nSPS) is 15.1. The number of hydrogen-bond acceptors (Lipinski definition) is 6. The summed E-state index contributed by atoms with van der Waals surface area (Å²) >= 11 is 0. The molecule has 1 aliphatic heterocycles. The van der Waals surface area contributed by atoms with Crippen LogP contribution < -0.4 is 14.4 Å². The van der Waals surface area contributed by atoms with Gasteiger partial charge >= 0.3 is 0 Å². The van der Waals surface area contributed by atoms with Gasteiger partial charge in [-0.2, -0.15) is 0 Å². The average Bonchev–Trinajstić information content (AvgIpc) is 2.82. The summed E-state index contributed by atoms with van der Waals surface area (Å²) in [4.78, 5) is 17.4. The fourth-order valence-electron chi connectivity index (χ4n) is 3.80. The number of carbonyl (C=O) groups excluding carboxylic acids is 1. The Morgan fingerprint density at radius 2 is 1.74 bits per heavy atom. The SMILES string of the molecule is CNS(=O)(=O)c1cc(C(=O)CCCCN2CCN(c3ccccc3)CC2)ccc1OC. The summed E-state index contributed by atoms with van der Waals surface area (Å²) in [5.41, 5.74) is 1.66. The minimum Gasteiger partial charge on any atom is -0.495 e. The van der Waals surface area contributed by atoms with E-state index in [4.69, 9.17) is 4.74 Å². The van der Waals surface area contributed by atoms with Gasteiger partial charge in [0.1, 0.15) is 10.6 Å². The predicted molar refractivity (Wildman–Crippen MR) is 123 cm³/mol. The highest BCUT2D eigenvalue weighted by Crippen LogP contribution is 2.25. The lowest BCUT2D eigenvalue weighted by molar-refractivity contribution is 0.0977. The highest BCUT2D eigenvalue weighted by Gasteiger charge is 2.20. The van der Waals surface area contributed by atoms with Crippen LogP contribution in [0.25, 0.3) is 0 Å². The molecule has 1 saturated heterocycles. The third-order valence-corrected chi connectivity index (χ3v) is 7.10. The topological polar surface area (TPSA) is 79.0 Å². The molecule has 3 rings (SSSR count). The molecule has 1 aliphatic rings. The third-order valence-electron chi connectivity index (χ3n) is 5.67. The van der Waals surface area contributed by atoms with Crippen LogP contribution in [0.3, 0.4) is 0 Å². The van der Waals surface area contributed by atoms with Gasteiger partial charge in [-0.25, -0.2) is 13.1 Å². The molecule has 7 nitrogen and oxygen atoms in total. The Hall–Kier alpha value is -2.42. The highest BCUT2D eigenvalue weighted by molar-refractivity contribution is 7.89. The van der Waals surface area contributed by atoms with Crippen molar-refractivity contribution in [2.24, 2.45) is 0 Å². The molecular formula is C23H31N3O4S. The van der Waals surface area contributed by atoms with Crippen molar-refractivity contribution in [1.82, 2.24) is 9.62 Å². The summed E-state index contributed by atoms with van der Waals surface area (Å²) in [7, 11) is -0.955. The maximum Gasteiger partial charge on any atom is 0.244 e. The van der Waals surface area contributed by atoms with Crippen molar-refractivity contribution in [2.45, 2.75) is 24.2 Å². The van der Waals surface area contributed by atoms with Crippen LogP contribution in [0.4, 0.5) is 5.69 Å². The van der Waals surface area contributed by atoms with Crippen LogP contribution in [0.15, 0.2) is 53.4 Å². The number of anilines is 1. The smallest absolute Gasteiger partial charge is 0.244 e. The fraction of sp³-hybridized carbons (Fsp3) is 0.435. The number of nitrogens with one attached hydrogen (secondary N) is 1. The first kappa shape index (κ1) is 23.2. The van der Waals surface area contributed by atoms with Crippen molar-refractivity contribution in [1.29, 1.82) is 0 Å². The van der Waals surface area contributed by atoms with Crippen LogP contribution in [-0.2, 0) is 10.0 Å². The fourth-order valence-corrected chi connectivity index (χ4v) is 4.72. The summed E-state index contributed by atoms with van der Waals surface area (Å²) in [5, 5.41) is 0. The summed E-state index contributed by atoms with van der Waals surface area (Å²) in [6, 6.07) is 15.0. The minimum atomic E-state index is -3.70. The summed E-state index contributed by atoms with van der Waals surface area (Å²) < 4.78 is 31.8. The van der Waals surface area contributed by atoms with E-state index < -0.39 is 10.0 Å². The Balaban J connectivity index is 1.45. The number of ketones is 1. The second kappa shape index (κ2) is 10.7. The second-order valence-corrected chi connectivity index (χ2v) is 9.47. The lowest BCUT2D eigenvalue weighted by atomic mass is 10.1. The molecule has 0 spiro atoms. The van der Waals surface area contributed by atoms with E-state index in [0.717, 1.165) is 45.6 Å². The van der Waals surface area contributed by atoms with E-state index in [-0.39, 0.29) is 16.4 Å². The van der Waals surface area contributed by atoms with Crippen molar-refractivity contribution in [3.05, 3.63) is 54.1 Å². The van der Waals surface area contributed by atoms with Crippen LogP contribution in [0.1, 0.15) is 29.6 Å². The van der Waals surface area contributed by atoms with Crippen LogP contribution in [0.5, 0.6) is 5.75 Å². The number of unbranched alkanes of at least 4 members (excludes halogenated alkanes) is 1. The van der Waals surface area contributed by atoms with E-state index in [2.05, 4.69) is 38.8 Å². The second-order valence-electron chi connectivity index (χ2n) is 7.62. The molecule has 168 valence electrons. The molecule has 0 amide bonds. The van der Waals surface area contributed by atoms with Crippen molar-refractivity contribution in [3.8, 4) is 5.75 Å². The Morgan fingerprint density at radius 3 is 2.39 bits per heavy atom. The van der Waals surface area contributed by atoms with Crippen LogP contribution in [-0.4, -0.2) is 66.0 Å². The van der Waals surface area contributed by atoms with Crippen LogP contribution in [0, 0.1) is 0 Å². The number of benzene rings is 2. The first-order valence-electron chi connectivity index (χ1n) is 10.6. The predicted octanol–water partition coefficient (Wildman–Crippen LogP) is 2.78. The molecule has 1 fully saturated rings. The van der Waals surface area contributed by atoms with E-state index in [1.807, 2.05) is 6.07 Å². The maximum atomic E-state index is 12.6. The highest BCUT2D eigenvalue weighted by atomic mass is 32.2. The molecule has 0 radical (unpaired) electrons. The molecule has 0 aliphatic carbocycles. The Labute approximate surface area is 185 Å². The Morgan fingerprint density at radius 1 is 1.03 bits per heavy atom. The van der Waals surface area contributed by atoms with Gasteiger partial charge in [-0.3, -0.25) is 9.69 Å². The molecular weight excluding hydrogens is 414 g/mol. The van der Waals surface area contributed by atoms with Crippen molar-refractivity contribution in [2.75, 3.05) is 51.8 Å². The van der Waals surface area contributed by atoms with Crippen molar-refractivity contribution < 1.29 is 17.9 Å². The summed E-state index contributed by atoms with van der Waals surface area (Å²) in [6.07, 6.45) is 2.11. The van der Waals surface area contributed by atoms with Crippen molar-refractivity contribution >= 4 is 21.5 Å². The standard InChI is InChI=1S/C23H31N3O4S/c1-24-31(28,29)23-18-19(11-12-22(23)30-2)21(27)10-6-7-13-25-14-16-26(17-15-25)20-8-4-3-5-9-20/h3-5,8-9,11-12,18,24H,6-7,10,13-17H2,1-2H3. The van der Waals surface area contributed by atoms with E-state index in [9.17, 15) is 13.2 Å². The molecule has 1 heterocycles. The number of methoxy groups -OCH3 is 1. The van der Waals surface area contributed by atoms with E-state index >= 15 is 0 Å². The van der Waals surface area contributed by atoms with Gasteiger partial charge < -0.3 is 9.64 Å². The Kier molecular flexibility index (Phi) is 8.06. The zero-order chi connectivity index (χ0) is 22.3. The number of piperazine rings is 1. The van der Waals surface area contributed by atoms with Gasteiger partial charge in [-0.1, -0.05) is 18.2 Å². The van der Waals surface area contributed by atoms with Gasteiger partial charge in [0, 0.05) is 43.9 Å². The van der Waals surface area contributed by atoms with Gasteiger partial charge in [-0.05, 0) is 56.8 Å². The molecule has 8 heteroatoms. The molecule has 0 bridgehead atoms. The number of hydrogen-bond donors (Lipinski definition) is 1. The third kappa shape index (κ3) is 6.06. The van der Waals surface area contributed by atoms with E-state index in [0.29, 0.717) is 12.0 Å². The molecule has 0 saturated carbocycles. The number of rotatable bonds is 10. The van der Waals surface area contributed by atoms with E-state index in [1.54, 1.807) is 6.07 Å². The van der Waals surface area contributed by atoms with Gasteiger partial charge in [0.25, 0.3) is 0 Å². The van der Waals surface area contributed by atoms with Gasteiger partial charge in [0.05, 0.1) is 7.11 Å². The number of para-hydroxylation sites is 1. The molecule has 0 aromatic heterocycles. The lowest BCUT2D eigenvalue weighted by Crippen LogP contribution is -2.46. The number of carbonyl (C=O) groups is 1. The molecule has 2 aromatic rings. The number of ether oxygens (including phenoxy) is 1. The number of Topliss-reactive ketones (excluding diaryl/α,β-unsaturated/α-hetero) is 1. The number of sulfonamides is 1. The average molecular weight is 446 g/mol. The quantitative estimate of drug-likeness (QED) is 0.448. The van der Waals surface area contributed by atoms with Gasteiger partial charge in [0.2, 0.25) is 10.0 Å². The van der Waals surface area contributed by atoms with Crippen LogP contribution >= 0.6 is 0 Å².